The number of hydrogen-bond donors (Lipinski definition) is 1. The van der Waals surface area contributed by atoms with Gasteiger partial charge in [0.05, 0.1) is 6.04 Å². The number of likely N-dealkylation sites (N-methyl/N-ethyl adjacent to an activating group) is 1. The van der Waals surface area contributed by atoms with Gasteiger partial charge in [0.2, 0.25) is 5.91 Å². The average Bonchev–Trinajstić information content (AvgIpc) is 3.28. The van der Waals surface area contributed by atoms with Crippen LogP contribution in [-0.2, 0) is 10.2 Å². The van der Waals surface area contributed by atoms with E-state index < -0.39 is 0 Å². The zero-order valence-electron chi connectivity index (χ0n) is 12.6. The van der Waals surface area contributed by atoms with Crippen molar-refractivity contribution < 1.29 is 4.79 Å². The van der Waals surface area contributed by atoms with Gasteiger partial charge in [0.1, 0.15) is 0 Å². The van der Waals surface area contributed by atoms with Crippen molar-refractivity contribution >= 4 is 21.8 Å². The van der Waals surface area contributed by atoms with Gasteiger partial charge in [-0.1, -0.05) is 34.5 Å². The maximum absolute atomic E-state index is 12.5. The maximum atomic E-state index is 12.5. The van der Waals surface area contributed by atoms with Crippen LogP contribution in [0.5, 0.6) is 0 Å². The van der Waals surface area contributed by atoms with Gasteiger partial charge in [0.25, 0.3) is 0 Å². The van der Waals surface area contributed by atoms with Crippen LogP contribution in [-0.4, -0.2) is 37.0 Å². The summed E-state index contributed by atoms with van der Waals surface area (Å²) >= 11 is 3.49. The van der Waals surface area contributed by atoms with Gasteiger partial charge in [-0.25, -0.2) is 0 Å². The van der Waals surface area contributed by atoms with Crippen LogP contribution in [0.25, 0.3) is 0 Å². The Morgan fingerprint density at radius 1 is 1.33 bits per heavy atom. The second kappa shape index (κ2) is 6.09. The number of hydrogen-bond acceptors (Lipinski definition) is 2. The number of nitrogens with one attached hydrogen (secondary N) is 1. The van der Waals surface area contributed by atoms with E-state index in [0.29, 0.717) is 0 Å². The molecule has 2 fully saturated rings. The molecule has 3 rings (SSSR count). The first-order valence-corrected chi connectivity index (χ1v) is 8.64. The van der Waals surface area contributed by atoms with Gasteiger partial charge in [-0.05, 0) is 49.9 Å². The van der Waals surface area contributed by atoms with E-state index in [-0.39, 0.29) is 17.4 Å². The Morgan fingerprint density at radius 3 is 2.62 bits per heavy atom. The molecule has 1 aromatic rings. The minimum absolute atomic E-state index is 0.0319. The molecule has 1 aliphatic heterocycles. The molecule has 2 aliphatic rings. The number of amides is 1. The molecule has 114 valence electrons. The molecule has 0 radical (unpaired) electrons. The van der Waals surface area contributed by atoms with Crippen LogP contribution in [0.4, 0.5) is 0 Å². The van der Waals surface area contributed by atoms with Crippen molar-refractivity contribution in [1.29, 1.82) is 0 Å². The largest absolute Gasteiger partial charge is 0.344 e. The highest BCUT2D eigenvalue weighted by molar-refractivity contribution is 9.10. The highest BCUT2D eigenvalue weighted by atomic mass is 79.9. The zero-order valence-corrected chi connectivity index (χ0v) is 14.2. The molecule has 3 nitrogen and oxygen atoms in total. The predicted molar refractivity (Wildman–Crippen MR) is 88.3 cm³/mol. The van der Waals surface area contributed by atoms with Crippen LogP contribution in [0.3, 0.4) is 0 Å². The van der Waals surface area contributed by atoms with Gasteiger partial charge in [-0.15, -0.1) is 0 Å². The minimum Gasteiger partial charge on any atom is -0.344 e. The van der Waals surface area contributed by atoms with E-state index in [4.69, 9.17) is 0 Å². The SMILES string of the molecule is CN(CC1(c2ccc(Br)cc2)CC1)C(=O)C1CCCCN1. The quantitative estimate of drug-likeness (QED) is 0.904. The Kier molecular flexibility index (Phi) is 4.36. The highest BCUT2D eigenvalue weighted by Crippen LogP contribution is 2.48. The Balaban J connectivity index is 1.65. The molecule has 1 aromatic carbocycles. The Morgan fingerprint density at radius 2 is 2.05 bits per heavy atom. The number of carbonyl (C=O) groups is 1. The number of piperidine rings is 1. The van der Waals surface area contributed by atoms with Crippen LogP contribution >= 0.6 is 15.9 Å². The molecule has 1 amide bonds. The van der Waals surface area contributed by atoms with E-state index in [1.165, 1.54) is 24.8 Å². The van der Waals surface area contributed by atoms with Crippen LogP contribution < -0.4 is 5.32 Å². The van der Waals surface area contributed by atoms with Gasteiger partial charge >= 0.3 is 0 Å². The normalized spacial score (nSPS) is 23.6. The van der Waals surface area contributed by atoms with Gasteiger partial charge < -0.3 is 10.2 Å². The molecule has 1 aliphatic carbocycles. The summed E-state index contributed by atoms with van der Waals surface area (Å²) in [5, 5.41) is 3.36. The first-order chi connectivity index (χ1) is 10.1. The van der Waals surface area contributed by atoms with Crippen molar-refractivity contribution in [2.75, 3.05) is 20.1 Å². The van der Waals surface area contributed by atoms with Gasteiger partial charge in [0.15, 0.2) is 0 Å². The van der Waals surface area contributed by atoms with E-state index in [0.717, 1.165) is 30.4 Å². The van der Waals surface area contributed by atoms with Crippen molar-refractivity contribution in [3.63, 3.8) is 0 Å². The smallest absolute Gasteiger partial charge is 0.239 e. The standard InChI is InChI=1S/C17H23BrN2O/c1-20(16(21)15-4-2-3-11-19-15)12-17(9-10-17)13-5-7-14(18)8-6-13/h5-8,15,19H,2-4,9-12H2,1H3. The molecule has 1 atom stereocenters. The van der Waals surface area contributed by atoms with Crippen molar-refractivity contribution in [1.82, 2.24) is 10.2 Å². The summed E-state index contributed by atoms with van der Waals surface area (Å²) in [6, 6.07) is 8.60. The predicted octanol–water partition coefficient (Wildman–Crippen LogP) is 3.08. The molecule has 1 unspecified atom stereocenters. The highest BCUT2D eigenvalue weighted by Gasteiger charge is 2.46. The topological polar surface area (TPSA) is 32.3 Å². The average molecular weight is 351 g/mol. The van der Waals surface area contributed by atoms with Gasteiger partial charge in [-0.3, -0.25) is 4.79 Å². The molecule has 0 bridgehead atoms. The van der Waals surface area contributed by atoms with Crippen LogP contribution in [0.15, 0.2) is 28.7 Å². The lowest BCUT2D eigenvalue weighted by atomic mass is 9.95. The summed E-state index contributed by atoms with van der Waals surface area (Å²) in [6.07, 6.45) is 5.70. The maximum Gasteiger partial charge on any atom is 0.239 e. The minimum atomic E-state index is 0.0319. The van der Waals surface area contributed by atoms with E-state index in [1.807, 2.05) is 11.9 Å². The summed E-state index contributed by atoms with van der Waals surface area (Å²) in [6.45, 7) is 1.81. The van der Waals surface area contributed by atoms with Crippen molar-refractivity contribution in [3.8, 4) is 0 Å². The molecule has 0 aromatic heterocycles. The molecular formula is C17H23BrN2O. The third-order valence-corrected chi connectivity index (χ3v) is 5.36. The van der Waals surface area contributed by atoms with Crippen molar-refractivity contribution in [3.05, 3.63) is 34.3 Å². The number of benzene rings is 1. The third-order valence-electron chi connectivity index (χ3n) is 4.83. The Hall–Kier alpha value is -0.870. The van der Waals surface area contributed by atoms with E-state index >= 15 is 0 Å². The lowest BCUT2D eigenvalue weighted by Gasteiger charge is -2.30. The van der Waals surface area contributed by atoms with E-state index in [9.17, 15) is 4.79 Å². The fraction of sp³-hybridized carbons (Fsp3) is 0.588. The number of nitrogens with zero attached hydrogens (tertiary/aromatic N) is 1. The second-order valence-corrected chi connectivity index (χ2v) is 7.40. The van der Waals surface area contributed by atoms with Gasteiger partial charge in [-0.2, -0.15) is 0 Å². The molecule has 1 heterocycles. The van der Waals surface area contributed by atoms with Crippen molar-refractivity contribution in [2.45, 2.75) is 43.6 Å². The first-order valence-electron chi connectivity index (χ1n) is 7.85. The number of carbonyl (C=O) groups excluding carboxylic acids is 1. The Labute approximate surface area is 135 Å². The van der Waals surface area contributed by atoms with E-state index in [2.05, 4.69) is 45.5 Å². The lowest BCUT2D eigenvalue weighted by molar-refractivity contribution is -0.133. The van der Waals surface area contributed by atoms with Crippen LogP contribution in [0.1, 0.15) is 37.7 Å². The van der Waals surface area contributed by atoms with Crippen molar-refractivity contribution in [2.24, 2.45) is 0 Å². The monoisotopic (exact) mass is 350 g/mol. The molecule has 4 heteroatoms. The van der Waals surface area contributed by atoms with Gasteiger partial charge in [0, 0.05) is 23.5 Å². The fourth-order valence-corrected chi connectivity index (χ4v) is 3.62. The summed E-state index contributed by atoms with van der Waals surface area (Å²) < 4.78 is 1.11. The molecular weight excluding hydrogens is 328 g/mol. The van der Waals surface area contributed by atoms with Crippen LogP contribution in [0, 0.1) is 0 Å². The lowest BCUT2D eigenvalue weighted by Crippen LogP contribution is -2.48. The number of rotatable bonds is 4. The fourth-order valence-electron chi connectivity index (χ4n) is 3.35. The number of halogens is 1. The molecule has 0 spiro atoms. The zero-order chi connectivity index (χ0) is 14.9. The molecule has 1 N–H and O–H groups in total. The summed E-state index contributed by atoms with van der Waals surface area (Å²) in [5.74, 6) is 0.262. The third kappa shape index (κ3) is 3.32. The second-order valence-electron chi connectivity index (χ2n) is 6.48. The Bertz CT molecular complexity index is 504. The summed E-state index contributed by atoms with van der Waals surface area (Å²) in [7, 11) is 1.96. The summed E-state index contributed by atoms with van der Waals surface area (Å²) in [4.78, 5) is 14.5. The molecule has 21 heavy (non-hydrogen) atoms. The first kappa shape index (κ1) is 15.0. The molecule has 1 saturated carbocycles. The van der Waals surface area contributed by atoms with Crippen LogP contribution in [0.2, 0.25) is 0 Å². The molecule has 1 saturated heterocycles. The summed E-state index contributed by atoms with van der Waals surface area (Å²) in [5.41, 5.74) is 1.56. The van der Waals surface area contributed by atoms with E-state index in [1.54, 1.807) is 0 Å².